The maximum atomic E-state index is 4.52. The molecule has 2 aliphatic rings. The molecule has 0 N–H and O–H groups in total. The van der Waals surface area contributed by atoms with Crippen LogP contribution in [0.15, 0.2) is 18.3 Å². The number of aromatic nitrogens is 1. The van der Waals surface area contributed by atoms with E-state index in [2.05, 4.69) is 40.8 Å². The SMILES string of the molecule is CC(C)N1CCN2c3ncccc3C[C@@H]2C1. The lowest BCUT2D eigenvalue weighted by atomic mass is 10.1. The number of hydrogen-bond acceptors (Lipinski definition) is 3. The van der Waals surface area contributed by atoms with E-state index in [1.807, 2.05) is 6.20 Å². The summed E-state index contributed by atoms with van der Waals surface area (Å²) in [5.74, 6) is 1.23. The molecule has 0 radical (unpaired) electrons. The maximum absolute atomic E-state index is 4.52. The first-order chi connectivity index (χ1) is 7.75. The molecule has 1 atom stereocenters. The van der Waals surface area contributed by atoms with Crippen molar-refractivity contribution < 1.29 is 0 Å². The molecule has 1 fully saturated rings. The van der Waals surface area contributed by atoms with Crippen LogP contribution in [0.3, 0.4) is 0 Å². The van der Waals surface area contributed by atoms with Gasteiger partial charge in [-0.05, 0) is 31.9 Å². The van der Waals surface area contributed by atoms with Gasteiger partial charge in [-0.3, -0.25) is 4.90 Å². The van der Waals surface area contributed by atoms with Crippen LogP contribution in [-0.2, 0) is 6.42 Å². The molecule has 0 unspecified atom stereocenters. The summed E-state index contributed by atoms with van der Waals surface area (Å²) in [5, 5.41) is 0. The van der Waals surface area contributed by atoms with E-state index in [1.165, 1.54) is 30.9 Å². The van der Waals surface area contributed by atoms with Gasteiger partial charge in [0.15, 0.2) is 0 Å². The summed E-state index contributed by atoms with van der Waals surface area (Å²) in [4.78, 5) is 9.59. The zero-order chi connectivity index (χ0) is 11.1. The average molecular weight is 217 g/mol. The van der Waals surface area contributed by atoms with Crippen LogP contribution in [0.25, 0.3) is 0 Å². The summed E-state index contributed by atoms with van der Waals surface area (Å²) in [7, 11) is 0. The zero-order valence-electron chi connectivity index (χ0n) is 10.1. The molecular formula is C13H19N3. The Hall–Kier alpha value is -1.09. The van der Waals surface area contributed by atoms with Crippen molar-refractivity contribution in [1.82, 2.24) is 9.88 Å². The summed E-state index contributed by atoms with van der Waals surface area (Å²) in [6.45, 7) is 8.07. The molecule has 3 heterocycles. The molecule has 0 spiro atoms. The molecule has 3 nitrogen and oxygen atoms in total. The number of fused-ring (bicyclic) bond motifs is 3. The normalized spacial score (nSPS) is 24.7. The van der Waals surface area contributed by atoms with Crippen LogP contribution in [-0.4, -0.2) is 41.6 Å². The highest BCUT2D eigenvalue weighted by Gasteiger charge is 2.35. The second-order valence-corrected chi connectivity index (χ2v) is 5.13. The number of pyridine rings is 1. The second-order valence-electron chi connectivity index (χ2n) is 5.13. The fourth-order valence-electron chi connectivity index (χ4n) is 2.90. The highest BCUT2D eigenvalue weighted by molar-refractivity contribution is 5.54. The van der Waals surface area contributed by atoms with E-state index in [0.29, 0.717) is 12.1 Å². The first-order valence-electron chi connectivity index (χ1n) is 6.20. The van der Waals surface area contributed by atoms with Gasteiger partial charge in [0, 0.05) is 37.9 Å². The van der Waals surface area contributed by atoms with Gasteiger partial charge in [0.25, 0.3) is 0 Å². The Morgan fingerprint density at radius 1 is 1.38 bits per heavy atom. The van der Waals surface area contributed by atoms with E-state index in [9.17, 15) is 0 Å². The van der Waals surface area contributed by atoms with E-state index in [0.717, 1.165) is 6.54 Å². The number of piperazine rings is 1. The van der Waals surface area contributed by atoms with E-state index in [1.54, 1.807) is 0 Å². The van der Waals surface area contributed by atoms with Crippen molar-refractivity contribution in [2.24, 2.45) is 0 Å². The van der Waals surface area contributed by atoms with Gasteiger partial charge in [-0.15, -0.1) is 0 Å². The molecule has 3 rings (SSSR count). The summed E-state index contributed by atoms with van der Waals surface area (Å²) >= 11 is 0. The Balaban J connectivity index is 1.82. The van der Waals surface area contributed by atoms with E-state index in [-0.39, 0.29) is 0 Å². The number of anilines is 1. The van der Waals surface area contributed by atoms with Crippen LogP contribution in [0.4, 0.5) is 5.82 Å². The van der Waals surface area contributed by atoms with Crippen molar-refractivity contribution in [3.05, 3.63) is 23.9 Å². The topological polar surface area (TPSA) is 19.4 Å². The molecule has 1 saturated heterocycles. The number of rotatable bonds is 1. The maximum Gasteiger partial charge on any atom is 0.132 e. The highest BCUT2D eigenvalue weighted by Crippen LogP contribution is 2.32. The molecular weight excluding hydrogens is 198 g/mol. The predicted molar refractivity (Wildman–Crippen MR) is 65.8 cm³/mol. The van der Waals surface area contributed by atoms with Crippen molar-refractivity contribution in [3.63, 3.8) is 0 Å². The second kappa shape index (κ2) is 3.74. The first kappa shape index (κ1) is 10.1. The average Bonchev–Trinajstić information content (AvgIpc) is 2.66. The van der Waals surface area contributed by atoms with Crippen LogP contribution in [0.1, 0.15) is 19.4 Å². The molecule has 1 aromatic heterocycles. The van der Waals surface area contributed by atoms with Gasteiger partial charge >= 0.3 is 0 Å². The number of nitrogens with zero attached hydrogens (tertiary/aromatic N) is 3. The van der Waals surface area contributed by atoms with Crippen molar-refractivity contribution in [1.29, 1.82) is 0 Å². The largest absolute Gasteiger partial charge is 0.350 e. The van der Waals surface area contributed by atoms with Gasteiger partial charge in [-0.25, -0.2) is 4.98 Å². The summed E-state index contributed by atoms with van der Waals surface area (Å²) in [6.07, 6.45) is 3.09. The third-order valence-electron chi connectivity index (χ3n) is 3.84. The molecule has 0 bridgehead atoms. The van der Waals surface area contributed by atoms with Gasteiger partial charge in [-0.2, -0.15) is 0 Å². The Morgan fingerprint density at radius 3 is 3.06 bits per heavy atom. The van der Waals surface area contributed by atoms with Crippen LogP contribution in [0, 0.1) is 0 Å². The first-order valence-corrected chi connectivity index (χ1v) is 6.20. The Kier molecular flexibility index (Phi) is 2.36. The molecule has 0 aromatic carbocycles. The minimum Gasteiger partial charge on any atom is -0.350 e. The zero-order valence-corrected chi connectivity index (χ0v) is 10.1. The lowest BCUT2D eigenvalue weighted by Crippen LogP contribution is -2.53. The Bertz CT molecular complexity index is 389. The van der Waals surface area contributed by atoms with Crippen molar-refractivity contribution in [2.75, 3.05) is 24.5 Å². The minimum absolute atomic E-state index is 0.654. The molecule has 0 amide bonds. The smallest absolute Gasteiger partial charge is 0.132 e. The monoisotopic (exact) mass is 217 g/mol. The van der Waals surface area contributed by atoms with E-state index >= 15 is 0 Å². The van der Waals surface area contributed by atoms with Crippen LogP contribution < -0.4 is 4.90 Å². The van der Waals surface area contributed by atoms with Crippen molar-refractivity contribution in [3.8, 4) is 0 Å². The molecule has 86 valence electrons. The molecule has 1 aromatic rings. The van der Waals surface area contributed by atoms with Crippen molar-refractivity contribution >= 4 is 5.82 Å². The van der Waals surface area contributed by atoms with Gasteiger partial charge in [0.2, 0.25) is 0 Å². The molecule has 16 heavy (non-hydrogen) atoms. The van der Waals surface area contributed by atoms with Crippen LogP contribution >= 0.6 is 0 Å². The summed E-state index contributed by atoms with van der Waals surface area (Å²) < 4.78 is 0. The summed E-state index contributed by atoms with van der Waals surface area (Å²) in [6, 6.07) is 5.59. The van der Waals surface area contributed by atoms with Gasteiger partial charge in [-0.1, -0.05) is 6.07 Å². The van der Waals surface area contributed by atoms with E-state index in [4.69, 9.17) is 0 Å². The fourth-order valence-corrected chi connectivity index (χ4v) is 2.90. The highest BCUT2D eigenvalue weighted by atomic mass is 15.3. The Labute approximate surface area is 97.1 Å². The molecule has 0 aliphatic carbocycles. The lowest BCUT2D eigenvalue weighted by Gasteiger charge is -2.40. The van der Waals surface area contributed by atoms with E-state index < -0.39 is 0 Å². The lowest BCUT2D eigenvalue weighted by molar-refractivity contribution is 0.184. The van der Waals surface area contributed by atoms with Crippen LogP contribution in [0.2, 0.25) is 0 Å². The predicted octanol–water partition coefficient (Wildman–Crippen LogP) is 1.54. The molecule has 2 aliphatic heterocycles. The summed E-state index contributed by atoms with van der Waals surface area (Å²) in [5.41, 5.74) is 1.43. The Morgan fingerprint density at radius 2 is 2.25 bits per heavy atom. The molecule has 3 heteroatoms. The molecule has 0 saturated carbocycles. The van der Waals surface area contributed by atoms with Gasteiger partial charge < -0.3 is 4.90 Å². The van der Waals surface area contributed by atoms with Crippen LogP contribution in [0.5, 0.6) is 0 Å². The third-order valence-corrected chi connectivity index (χ3v) is 3.84. The fraction of sp³-hybridized carbons (Fsp3) is 0.615. The number of hydrogen-bond donors (Lipinski definition) is 0. The third kappa shape index (κ3) is 1.50. The standard InChI is InChI=1S/C13H19N3/c1-10(2)15-6-7-16-12(9-15)8-11-4-3-5-14-13(11)16/h3-5,10,12H,6-9H2,1-2H3/t12-/m1/s1. The van der Waals surface area contributed by atoms with Gasteiger partial charge in [0.1, 0.15) is 5.82 Å². The minimum atomic E-state index is 0.654. The van der Waals surface area contributed by atoms with Crippen molar-refractivity contribution in [2.45, 2.75) is 32.4 Å². The quantitative estimate of drug-likeness (QED) is 0.711. The van der Waals surface area contributed by atoms with Gasteiger partial charge in [0.05, 0.1) is 0 Å².